The first-order chi connectivity index (χ1) is 9.97. The van der Waals surface area contributed by atoms with Gasteiger partial charge in [0.05, 0.1) is 0 Å². The molecule has 0 saturated carbocycles. The zero-order chi connectivity index (χ0) is 15.5. The van der Waals surface area contributed by atoms with Gasteiger partial charge < -0.3 is 4.74 Å². The molecule has 0 aromatic heterocycles. The summed E-state index contributed by atoms with van der Waals surface area (Å²) in [5.41, 5.74) is 3.36. The Hall–Kier alpha value is -2.09. The lowest BCUT2D eigenvalue weighted by Gasteiger charge is -2.16. The van der Waals surface area contributed by atoms with E-state index in [0.29, 0.717) is 6.61 Å². The summed E-state index contributed by atoms with van der Waals surface area (Å²) >= 11 is 0. The second kappa shape index (κ2) is 6.13. The maximum absolute atomic E-state index is 5.80. The number of aliphatic imine (C=N–C) groups is 1. The summed E-state index contributed by atoms with van der Waals surface area (Å²) in [6.07, 6.45) is 7.65. The molecule has 0 N–H and O–H groups in total. The van der Waals surface area contributed by atoms with E-state index in [0.717, 1.165) is 17.0 Å². The molecule has 0 bridgehead atoms. The molecule has 1 aliphatic heterocycles. The lowest BCUT2D eigenvalue weighted by molar-refractivity contribution is 0.283. The summed E-state index contributed by atoms with van der Waals surface area (Å²) in [5, 5.41) is 0. The van der Waals surface area contributed by atoms with Crippen molar-refractivity contribution in [2.75, 3.05) is 6.61 Å². The second-order valence-electron chi connectivity index (χ2n) is 6.16. The summed E-state index contributed by atoms with van der Waals surface area (Å²) < 4.78 is 5.80. The van der Waals surface area contributed by atoms with E-state index in [1.165, 1.54) is 5.56 Å². The molecule has 1 aliphatic rings. The predicted octanol–water partition coefficient (Wildman–Crippen LogP) is 5.04. The summed E-state index contributed by atoms with van der Waals surface area (Å²) in [4.78, 5) is 4.77. The lowest BCUT2D eigenvalue weighted by Crippen LogP contribution is -2.20. The van der Waals surface area contributed by atoms with E-state index in [2.05, 4.69) is 52.1 Å². The van der Waals surface area contributed by atoms with Crippen molar-refractivity contribution in [2.24, 2.45) is 10.4 Å². The van der Waals surface area contributed by atoms with Gasteiger partial charge in [-0.1, -0.05) is 76.4 Å². The van der Waals surface area contributed by atoms with E-state index in [9.17, 15) is 0 Å². The first kappa shape index (κ1) is 15.3. The number of benzene rings is 1. The van der Waals surface area contributed by atoms with Gasteiger partial charge in [-0.15, -0.1) is 0 Å². The SMILES string of the molecule is C=C/C=C\c1c(C=C)cccc1C1COC(C(C)(C)C)=N1. The zero-order valence-corrected chi connectivity index (χ0v) is 13.1. The van der Waals surface area contributed by atoms with Crippen LogP contribution in [0.5, 0.6) is 0 Å². The molecule has 2 nitrogen and oxygen atoms in total. The highest BCUT2D eigenvalue weighted by molar-refractivity contribution is 5.83. The van der Waals surface area contributed by atoms with Crippen LogP contribution in [0.3, 0.4) is 0 Å². The number of ether oxygens (including phenoxy) is 1. The first-order valence-electron chi connectivity index (χ1n) is 7.23. The molecule has 1 atom stereocenters. The highest BCUT2D eigenvalue weighted by atomic mass is 16.5. The molecule has 110 valence electrons. The topological polar surface area (TPSA) is 21.6 Å². The Balaban J connectivity index is 2.45. The summed E-state index contributed by atoms with van der Waals surface area (Å²) in [6, 6.07) is 6.26. The molecule has 0 amide bonds. The fourth-order valence-corrected chi connectivity index (χ4v) is 2.37. The van der Waals surface area contributed by atoms with Crippen LogP contribution in [0.2, 0.25) is 0 Å². The molecule has 21 heavy (non-hydrogen) atoms. The van der Waals surface area contributed by atoms with E-state index in [1.54, 1.807) is 6.08 Å². The highest BCUT2D eigenvalue weighted by Crippen LogP contribution is 2.33. The van der Waals surface area contributed by atoms with E-state index >= 15 is 0 Å². The summed E-state index contributed by atoms with van der Waals surface area (Å²) in [6.45, 7) is 14.6. The predicted molar refractivity (Wildman–Crippen MR) is 91.3 cm³/mol. The van der Waals surface area contributed by atoms with Gasteiger partial charge in [-0.2, -0.15) is 0 Å². The highest BCUT2D eigenvalue weighted by Gasteiger charge is 2.30. The Kier molecular flexibility index (Phi) is 4.46. The maximum Gasteiger partial charge on any atom is 0.189 e. The van der Waals surface area contributed by atoms with Crippen LogP contribution in [0.25, 0.3) is 12.2 Å². The quantitative estimate of drug-likeness (QED) is 0.708. The standard InChI is InChI=1S/C19H23NO/c1-6-8-11-15-14(7-2)10-9-12-16(15)17-13-21-18(20-17)19(3,4)5/h6-12,17H,1-2,13H2,3-5H3/b11-8-. The Morgan fingerprint density at radius 3 is 2.62 bits per heavy atom. The fourth-order valence-electron chi connectivity index (χ4n) is 2.37. The Morgan fingerprint density at radius 1 is 1.29 bits per heavy atom. The van der Waals surface area contributed by atoms with Crippen molar-refractivity contribution < 1.29 is 4.74 Å². The van der Waals surface area contributed by atoms with Crippen LogP contribution < -0.4 is 0 Å². The molecular weight excluding hydrogens is 258 g/mol. The van der Waals surface area contributed by atoms with E-state index < -0.39 is 0 Å². The van der Waals surface area contributed by atoms with Gasteiger partial charge in [0, 0.05) is 5.41 Å². The van der Waals surface area contributed by atoms with Gasteiger partial charge in [-0.3, -0.25) is 0 Å². The summed E-state index contributed by atoms with van der Waals surface area (Å²) in [7, 11) is 0. The van der Waals surface area contributed by atoms with Crippen LogP contribution in [-0.4, -0.2) is 12.5 Å². The third-order valence-electron chi connectivity index (χ3n) is 3.44. The third kappa shape index (κ3) is 3.33. The van der Waals surface area contributed by atoms with E-state index in [1.807, 2.05) is 18.2 Å². The average molecular weight is 281 g/mol. The molecular formula is C19H23NO. The van der Waals surface area contributed by atoms with Crippen LogP contribution in [0.4, 0.5) is 0 Å². The van der Waals surface area contributed by atoms with Gasteiger partial charge in [-0.25, -0.2) is 4.99 Å². The van der Waals surface area contributed by atoms with Crippen molar-refractivity contribution in [3.63, 3.8) is 0 Å². The van der Waals surface area contributed by atoms with Gasteiger partial charge >= 0.3 is 0 Å². The smallest absolute Gasteiger partial charge is 0.189 e. The number of hydrogen-bond donors (Lipinski definition) is 0. The van der Waals surface area contributed by atoms with Gasteiger partial charge in [-0.05, 0) is 16.7 Å². The van der Waals surface area contributed by atoms with Crippen molar-refractivity contribution in [3.05, 3.63) is 60.2 Å². The molecule has 1 aromatic carbocycles. The minimum absolute atomic E-state index is 0.0450. The lowest BCUT2D eigenvalue weighted by atomic mass is 9.95. The van der Waals surface area contributed by atoms with Crippen LogP contribution >= 0.6 is 0 Å². The van der Waals surface area contributed by atoms with Gasteiger partial charge in [0.1, 0.15) is 12.6 Å². The first-order valence-corrected chi connectivity index (χ1v) is 7.23. The van der Waals surface area contributed by atoms with Crippen LogP contribution in [0.15, 0.2) is 48.5 Å². The Morgan fingerprint density at radius 2 is 2.05 bits per heavy atom. The number of nitrogens with zero attached hydrogens (tertiary/aromatic N) is 1. The number of hydrogen-bond acceptors (Lipinski definition) is 2. The average Bonchev–Trinajstić information content (AvgIpc) is 2.94. The Labute approximate surface area is 127 Å². The van der Waals surface area contributed by atoms with Crippen LogP contribution in [0, 0.1) is 5.41 Å². The molecule has 2 heteroatoms. The molecule has 0 aliphatic carbocycles. The minimum atomic E-state index is -0.0537. The summed E-state index contributed by atoms with van der Waals surface area (Å²) in [5.74, 6) is 0.829. The van der Waals surface area contributed by atoms with Gasteiger partial charge in [0.2, 0.25) is 0 Å². The van der Waals surface area contributed by atoms with Crippen molar-refractivity contribution in [2.45, 2.75) is 26.8 Å². The monoisotopic (exact) mass is 281 g/mol. The maximum atomic E-state index is 5.80. The normalized spacial score (nSPS) is 18.4. The van der Waals surface area contributed by atoms with Crippen molar-refractivity contribution >= 4 is 18.0 Å². The molecule has 1 aromatic rings. The van der Waals surface area contributed by atoms with Crippen LogP contribution in [0.1, 0.15) is 43.5 Å². The molecule has 0 spiro atoms. The van der Waals surface area contributed by atoms with Crippen molar-refractivity contribution in [1.82, 2.24) is 0 Å². The molecule has 1 unspecified atom stereocenters. The molecule has 0 radical (unpaired) electrons. The third-order valence-corrected chi connectivity index (χ3v) is 3.44. The van der Waals surface area contributed by atoms with E-state index in [-0.39, 0.29) is 11.5 Å². The van der Waals surface area contributed by atoms with Gasteiger partial charge in [0.15, 0.2) is 5.90 Å². The molecule has 2 rings (SSSR count). The second-order valence-corrected chi connectivity index (χ2v) is 6.16. The molecule has 0 fully saturated rings. The largest absolute Gasteiger partial charge is 0.478 e. The van der Waals surface area contributed by atoms with Crippen LogP contribution in [-0.2, 0) is 4.74 Å². The zero-order valence-electron chi connectivity index (χ0n) is 13.1. The van der Waals surface area contributed by atoms with Gasteiger partial charge in [0.25, 0.3) is 0 Å². The van der Waals surface area contributed by atoms with Crippen molar-refractivity contribution in [1.29, 1.82) is 0 Å². The molecule has 1 heterocycles. The minimum Gasteiger partial charge on any atom is -0.478 e. The van der Waals surface area contributed by atoms with Crippen molar-refractivity contribution in [3.8, 4) is 0 Å². The number of allylic oxidation sites excluding steroid dienone is 2. The fraction of sp³-hybridized carbons (Fsp3) is 0.316. The molecule has 0 saturated heterocycles. The number of rotatable bonds is 4. The van der Waals surface area contributed by atoms with E-state index in [4.69, 9.17) is 9.73 Å². The Bertz CT molecular complexity index is 602.